The van der Waals surface area contributed by atoms with E-state index in [2.05, 4.69) is 10.6 Å². The standard InChI is InChI=1S/C14H15ClF3N3O2/c15-9-3-5-10(6-4-9)19-13(23)20-11-2-1-7-21(8-11)12(22)14(16,17)18/h3-6,11H,1-2,7-8H2,(H2,19,20,23)/t11-/m0/s1. The van der Waals surface area contributed by atoms with Crippen molar-refractivity contribution in [1.29, 1.82) is 0 Å². The van der Waals surface area contributed by atoms with E-state index in [0.29, 0.717) is 23.6 Å². The lowest BCUT2D eigenvalue weighted by atomic mass is 10.1. The maximum atomic E-state index is 12.4. The zero-order valence-electron chi connectivity index (χ0n) is 12.0. The highest BCUT2D eigenvalue weighted by molar-refractivity contribution is 6.30. The summed E-state index contributed by atoms with van der Waals surface area (Å²) < 4.78 is 37.3. The third kappa shape index (κ3) is 5.02. The molecule has 0 saturated carbocycles. The molecular weight excluding hydrogens is 335 g/mol. The minimum atomic E-state index is -4.90. The number of rotatable bonds is 2. The Morgan fingerprint density at radius 1 is 1.22 bits per heavy atom. The van der Waals surface area contributed by atoms with Crippen LogP contribution < -0.4 is 10.6 Å². The Labute approximate surface area is 135 Å². The Bertz CT molecular complexity index is 578. The lowest BCUT2D eigenvalue weighted by Gasteiger charge is -2.33. The second-order valence-corrected chi connectivity index (χ2v) is 5.63. The minimum Gasteiger partial charge on any atom is -0.333 e. The van der Waals surface area contributed by atoms with Crippen molar-refractivity contribution < 1.29 is 22.8 Å². The molecule has 1 aromatic rings. The maximum Gasteiger partial charge on any atom is 0.471 e. The molecule has 0 aliphatic carbocycles. The fourth-order valence-electron chi connectivity index (χ4n) is 2.34. The molecule has 0 aromatic heterocycles. The van der Waals surface area contributed by atoms with Gasteiger partial charge in [0, 0.05) is 29.8 Å². The average Bonchev–Trinajstić information content (AvgIpc) is 2.48. The van der Waals surface area contributed by atoms with Crippen LogP contribution in [0.1, 0.15) is 12.8 Å². The van der Waals surface area contributed by atoms with Gasteiger partial charge in [-0.05, 0) is 37.1 Å². The van der Waals surface area contributed by atoms with E-state index in [4.69, 9.17) is 11.6 Å². The molecule has 126 valence electrons. The summed E-state index contributed by atoms with van der Waals surface area (Å²) in [5, 5.41) is 5.65. The third-order valence-corrected chi connectivity index (χ3v) is 3.64. The number of hydrogen-bond acceptors (Lipinski definition) is 2. The number of likely N-dealkylation sites (tertiary alicyclic amines) is 1. The number of urea groups is 1. The van der Waals surface area contributed by atoms with Gasteiger partial charge in [0.15, 0.2) is 0 Å². The van der Waals surface area contributed by atoms with E-state index < -0.39 is 24.2 Å². The fraction of sp³-hybridized carbons (Fsp3) is 0.429. The lowest BCUT2D eigenvalue weighted by molar-refractivity contribution is -0.186. The second kappa shape index (κ2) is 7.08. The average molecular weight is 350 g/mol. The third-order valence-electron chi connectivity index (χ3n) is 3.39. The molecule has 1 fully saturated rings. The van der Waals surface area contributed by atoms with Crippen LogP contribution in [-0.4, -0.2) is 42.1 Å². The molecule has 2 rings (SSSR count). The molecule has 0 radical (unpaired) electrons. The van der Waals surface area contributed by atoms with Crippen molar-refractivity contribution in [3.8, 4) is 0 Å². The van der Waals surface area contributed by atoms with Crippen molar-refractivity contribution in [3.05, 3.63) is 29.3 Å². The van der Waals surface area contributed by atoms with Crippen molar-refractivity contribution in [2.75, 3.05) is 18.4 Å². The predicted octanol–water partition coefficient (Wildman–Crippen LogP) is 3.01. The number of nitrogens with zero attached hydrogens (tertiary/aromatic N) is 1. The normalized spacial score (nSPS) is 18.4. The van der Waals surface area contributed by atoms with Gasteiger partial charge in [0.25, 0.3) is 0 Å². The van der Waals surface area contributed by atoms with Gasteiger partial charge in [-0.3, -0.25) is 4.79 Å². The minimum absolute atomic E-state index is 0.0370. The van der Waals surface area contributed by atoms with Gasteiger partial charge < -0.3 is 15.5 Å². The molecule has 2 N–H and O–H groups in total. The fourth-order valence-corrected chi connectivity index (χ4v) is 2.47. The van der Waals surface area contributed by atoms with Gasteiger partial charge >= 0.3 is 18.1 Å². The number of piperidine rings is 1. The first kappa shape index (κ1) is 17.4. The van der Waals surface area contributed by atoms with Crippen LogP contribution in [0.3, 0.4) is 0 Å². The zero-order chi connectivity index (χ0) is 17.0. The van der Waals surface area contributed by atoms with Crippen LogP contribution in [0.5, 0.6) is 0 Å². The molecule has 0 bridgehead atoms. The first-order chi connectivity index (χ1) is 10.8. The largest absolute Gasteiger partial charge is 0.471 e. The molecule has 1 aromatic carbocycles. The quantitative estimate of drug-likeness (QED) is 0.862. The van der Waals surface area contributed by atoms with Crippen molar-refractivity contribution in [2.45, 2.75) is 25.1 Å². The van der Waals surface area contributed by atoms with Crippen molar-refractivity contribution in [3.63, 3.8) is 0 Å². The van der Waals surface area contributed by atoms with Gasteiger partial charge in [0.05, 0.1) is 0 Å². The molecule has 5 nitrogen and oxygen atoms in total. The van der Waals surface area contributed by atoms with Crippen LogP contribution >= 0.6 is 11.6 Å². The molecule has 1 heterocycles. The lowest BCUT2D eigenvalue weighted by Crippen LogP contribution is -2.53. The van der Waals surface area contributed by atoms with E-state index in [9.17, 15) is 22.8 Å². The van der Waals surface area contributed by atoms with E-state index in [1.165, 1.54) is 0 Å². The summed E-state index contributed by atoms with van der Waals surface area (Å²) in [5.41, 5.74) is 0.505. The van der Waals surface area contributed by atoms with E-state index in [0.717, 1.165) is 4.90 Å². The first-order valence-electron chi connectivity index (χ1n) is 6.95. The number of halogens is 4. The molecule has 0 unspecified atom stereocenters. The molecule has 3 amide bonds. The summed E-state index contributed by atoms with van der Waals surface area (Å²) in [4.78, 5) is 23.8. The number of carbonyl (C=O) groups is 2. The smallest absolute Gasteiger partial charge is 0.333 e. The Kier molecular flexibility index (Phi) is 5.35. The molecule has 1 aliphatic rings. The number of nitrogens with one attached hydrogen (secondary N) is 2. The zero-order valence-corrected chi connectivity index (χ0v) is 12.7. The highest BCUT2D eigenvalue weighted by Gasteiger charge is 2.43. The maximum absolute atomic E-state index is 12.4. The number of alkyl halides is 3. The van der Waals surface area contributed by atoms with Gasteiger partial charge in [-0.15, -0.1) is 0 Å². The van der Waals surface area contributed by atoms with E-state index in [1.807, 2.05) is 0 Å². The number of amides is 3. The Balaban J connectivity index is 1.88. The van der Waals surface area contributed by atoms with Crippen LogP contribution in [0.15, 0.2) is 24.3 Å². The molecule has 1 atom stereocenters. The molecule has 0 spiro atoms. The Hall–Kier alpha value is -1.96. The van der Waals surface area contributed by atoms with Crippen molar-refractivity contribution in [1.82, 2.24) is 10.2 Å². The van der Waals surface area contributed by atoms with Crippen molar-refractivity contribution >= 4 is 29.2 Å². The summed E-state index contributed by atoms with van der Waals surface area (Å²) >= 11 is 5.73. The monoisotopic (exact) mass is 349 g/mol. The van der Waals surface area contributed by atoms with Crippen LogP contribution in [0.2, 0.25) is 5.02 Å². The van der Waals surface area contributed by atoms with Gasteiger partial charge in [0.2, 0.25) is 0 Å². The molecule has 23 heavy (non-hydrogen) atoms. The van der Waals surface area contributed by atoms with Crippen LogP contribution in [0.4, 0.5) is 23.7 Å². The summed E-state index contributed by atoms with van der Waals surface area (Å²) in [6, 6.07) is 5.33. The number of anilines is 1. The van der Waals surface area contributed by atoms with Crippen LogP contribution in [0.25, 0.3) is 0 Å². The molecular formula is C14H15ClF3N3O2. The highest BCUT2D eigenvalue weighted by atomic mass is 35.5. The number of carbonyl (C=O) groups excluding carboxylic acids is 2. The molecule has 1 aliphatic heterocycles. The number of benzene rings is 1. The van der Waals surface area contributed by atoms with E-state index >= 15 is 0 Å². The summed E-state index contributed by atoms with van der Waals surface area (Å²) in [6.07, 6.45) is -3.99. The molecule has 1 saturated heterocycles. The van der Waals surface area contributed by atoms with Gasteiger partial charge in [-0.1, -0.05) is 11.6 Å². The predicted molar refractivity (Wildman–Crippen MR) is 79.3 cm³/mol. The van der Waals surface area contributed by atoms with E-state index in [-0.39, 0.29) is 13.1 Å². The van der Waals surface area contributed by atoms with Gasteiger partial charge in [0.1, 0.15) is 0 Å². The second-order valence-electron chi connectivity index (χ2n) is 5.19. The Morgan fingerprint density at radius 2 is 1.87 bits per heavy atom. The van der Waals surface area contributed by atoms with Gasteiger partial charge in [-0.2, -0.15) is 13.2 Å². The Morgan fingerprint density at radius 3 is 2.48 bits per heavy atom. The molecule has 9 heteroatoms. The summed E-state index contributed by atoms with van der Waals surface area (Å²) in [6.45, 7) is -0.123. The SMILES string of the molecule is O=C(Nc1ccc(Cl)cc1)N[C@H]1CCCN(C(=O)C(F)(F)F)C1. The van der Waals surface area contributed by atoms with Crippen LogP contribution in [0, 0.1) is 0 Å². The van der Waals surface area contributed by atoms with Crippen LogP contribution in [-0.2, 0) is 4.79 Å². The van der Waals surface area contributed by atoms with Gasteiger partial charge in [-0.25, -0.2) is 4.79 Å². The summed E-state index contributed by atoms with van der Waals surface area (Å²) in [5.74, 6) is -1.87. The topological polar surface area (TPSA) is 61.4 Å². The summed E-state index contributed by atoms with van der Waals surface area (Å²) in [7, 11) is 0. The number of hydrogen-bond donors (Lipinski definition) is 2. The van der Waals surface area contributed by atoms with E-state index in [1.54, 1.807) is 24.3 Å². The highest BCUT2D eigenvalue weighted by Crippen LogP contribution is 2.21. The van der Waals surface area contributed by atoms with Crippen molar-refractivity contribution in [2.24, 2.45) is 0 Å². The first-order valence-corrected chi connectivity index (χ1v) is 7.32.